The molecular weight excluding hydrogens is 395 g/mol. The number of fused-ring (bicyclic) bond motifs is 6. The highest BCUT2D eigenvalue weighted by molar-refractivity contribution is 7.86. The van der Waals surface area contributed by atoms with Gasteiger partial charge in [0.25, 0.3) is 0 Å². The standard InChI is InChI=1S/C25H34ClN2P/c1-16(2)20-9-7-11-22-18(5)15-19(6)23-12-8-10-21(17(3)4)25(23)28-14-13-27(24(20)22)29(28)26/h7-12,16-19H,13-15H2,1-6H3. The first-order valence-corrected chi connectivity index (χ1v) is 13.2. The van der Waals surface area contributed by atoms with E-state index in [1.165, 1.54) is 33.6 Å². The van der Waals surface area contributed by atoms with Gasteiger partial charge in [0.15, 0.2) is 7.58 Å². The normalized spacial score (nSPS) is 24.1. The van der Waals surface area contributed by atoms with Crippen LogP contribution in [-0.2, 0) is 0 Å². The van der Waals surface area contributed by atoms with Crippen molar-refractivity contribution in [3.63, 3.8) is 0 Å². The van der Waals surface area contributed by atoms with Crippen molar-refractivity contribution in [3.05, 3.63) is 58.7 Å². The molecule has 0 spiro atoms. The molecule has 2 nitrogen and oxygen atoms in total. The van der Waals surface area contributed by atoms with Crippen LogP contribution in [0.15, 0.2) is 36.4 Å². The van der Waals surface area contributed by atoms with Gasteiger partial charge in [-0.2, -0.15) is 0 Å². The second kappa shape index (κ2) is 8.12. The molecule has 1 fully saturated rings. The lowest BCUT2D eigenvalue weighted by Crippen LogP contribution is -2.20. The second-order valence-corrected chi connectivity index (χ2v) is 11.8. The van der Waals surface area contributed by atoms with Gasteiger partial charge in [-0.1, -0.05) is 77.9 Å². The predicted octanol–water partition coefficient (Wildman–Crippen LogP) is 8.34. The van der Waals surface area contributed by atoms with E-state index in [0.717, 1.165) is 19.5 Å². The molecule has 2 bridgehead atoms. The summed E-state index contributed by atoms with van der Waals surface area (Å²) in [6.07, 6.45) is 1.16. The van der Waals surface area contributed by atoms with Gasteiger partial charge in [-0.3, -0.25) is 0 Å². The molecule has 2 heterocycles. The van der Waals surface area contributed by atoms with Gasteiger partial charge in [-0.05, 0) is 63.6 Å². The number of rotatable bonds is 2. The molecule has 4 heteroatoms. The van der Waals surface area contributed by atoms with E-state index in [9.17, 15) is 0 Å². The number of hydrogen-bond donors (Lipinski definition) is 0. The van der Waals surface area contributed by atoms with E-state index < -0.39 is 7.58 Å². The van der Waals surface area contributed by atoms with Gasteiger partial charge in [0, 0.05) is 24.5 Å². The molecular formula is C25H34ClN2P. The summed E-state index contributed by atoms with van der Waals surface area (Å²) in [6, 6.07) is 13.8. The van der Waals surface area contributed by atoms with Gasteiger partial charge in [0.2, 0.25) is 0 Å². The zero-order valence-corrected chi connectivity index (χ0v) is 20.3. The Morgan fingerprint density at radius 2 is 1.21 bits per heavy atom. The predicted molar refractivity (Wildman–Crippen MR) is 130 cm³/mol. The van der Waals surface area contributed by atoms with Crippen LogP contribution in [0.4, 0.5) is 11.4 Å². The molecule has 2 aromatic rings. The number of anilines is 2. The SMILES string of the molecule is CC(C)c1cccc2c1N1CCN(c3c(C(C)C)cccc3C(C)CC2C)P1Cl. The van der Waals surface area contributed by atoms with Crippen molar-refractivity contribution in [1.82, 2.24) is 0 Å². The molecule has 0 aromatic heterocycles. The molecule has 29 heavy (non-hydrogen) atoms. The third kappa shape index (κ3) is 3.57. The maximum atomic E-state index is 7.30. The van der Waals surface area contributed by atoms with Gasteiger partial charge >= 0.3 is 0 Å². The number of hydrogen-bond acceptors (Lipinski definition) is 2. The Morgan fingerprint density at radius 1 is 0.793 bits per heavy atom. The van der Waals surface area contributed by atoms with Gasteiger partial charge in [-0.25, -0.2) is 0 Å². The Hall–Kier alpha value is -1.24. The van der Waals surface area contributed by atoms with Crippen LogP contribution in [0, 0.1) is 0 Å². The number of halogens is 1. The molecule has 2 atom stereocenters. The Kier molecular flexibility index (Phi) is 5.88. The van der Waals surface area contributed by atoms with Gasteiger partial charge in [0.05, 0.1) is 0 Å². The topological polar surface area (TPSA) is 6.48 Å². The monoisotopic (exact) mass is 428 g/mol. The fourth-order valence-electron chi connectivity index (χ4n) is 5.14. The smallest absolute Gasteiger partial charge is 0.197 e. The third-order valence-electron chi connectivity index (χ3n) is 6.65. The second-order valence-electron chi connectivity index (χ2n) is 9.40. The van der Waals surface area contributed by atoms with Crippen LogP contribution < -0.4 is 9.34 Å². The third-order valence-corrected chi connectivity index (χ3v) is 9.34. The van der Waals surface area contributed by atoms with Crippen molar-refractivity contribution in [2.45, 2.75) is 71.6 Å². The van der Waals surface area contributed by atoms with Crippen molar-refractivity contribution in [1.29, 1.82) is 0 Å². The minimum absolute atomic E-state index is 0.491. The average molecular weight is 429 g/mol. The lowest BCUT2D eigenvalue weighted by Gasteiger charge is -2.36. The zero-order valence-electron chi connectivity index (χ0n) is 18.6. The first-order valence-electron chi connectivity index (χ1n) is 11.1. The van der Waals surface area contributed by atoms with E-state index >= 15 is 0 Å². The Labute approximate surface area is 182 Å². The van der Waals surface area contributed by atoms with E-state index in [2.05, 4.69) is 87.3 Å². The summed E-state index contributed by atoms with van der Waals surface area (Å²) in [5, 5.41) is 0. The van der Waals surface area contributed by atoms with Crippen LogP contribution in [0.25, 0.3) is 0 Å². The number of benzene rings is 2. The van der Waals surface area contributed by atoms with E-state index in [0.29, 0.717) is 23.7 Å². The first-order chi connectivity index (χ1) is 13.8. The molecule has 0 aliphatic carbocycles. The largest absolute Gasteiger partial charge is 0.319 e. The van der Waals surface area contributed by atoms with Crippen LogP contribution >= 0.6 is 18.8 Å². The Bertz CT molecular complexity index is 823. The van der Waals surface area contributed by atoms with Crippen molar-refractivity contribution < 1.29 is 0 Å². The van der Waals surface area contributed by atoms with E-state index in [-0.39, 0.29) is 0 Å². The van der Waals surface area contributed by atoms with E-state index in [4.69, 9.17) is 11.2 Å². The molecule has 0 amide bonds. The van der Waals surface area contributed by atoms with Crippen LogP contribution in [0.3, 0.4) is 0 Å². The minimum Gasteiger partial charge on any atom is -0.319 e. The van der Waals surface area contributed by atoms with E-state index in [1.54, 1.807) is 0 Å². The summed E-state index contributed by atoms with van der Waals surface area (Å²) in [5.74, 6) is 1.98. The fraction of sp³-hybridized carbons (Fsp3) is 0.520. The fourth-order valence-corrected chi connectivity index (χ4v) is 7.61. The molecule has 0 saturated carbocycles. The summed E-state index contributed by atoms with van der Waals surface area (Å²) in [4.78, 5) is 0. The molecule has 2 unspecified atom stereocenters. The summed E-state index contributed by atoms with van der Waals surface area (Å²) in [5.41, 5.74) is 8.65. The molecule has 0 radical (unpaired) electrons. The zero-order chi connectivity index (χ0) is 20.9. The molecule has 1 saturated heterocycles. The van der Waals surface area contributed by atoms with Crippen molar-refractivity contribution in [2.75, 3.05) is 22.4 Å². The van der Waals surface area contributed by atoms with Crippen LogP contribution in [-0.4, -0.2) is 13.1 Å². The average Bonchev–Trinajstić information content (AvgIpc) is 3.06. The van der Waals surface area contributed by atoms with Crippen molar-refractivity contribution in [3.8, 4) is 0 Å². The Morgan fingerprint density at radius 3 is 1.59 bits per heavy atom. The lowest BCUT2D eigenvalue weighted by molar-refractivity contribution is 0.592. The highest BCUT2D eigenvalue weighted by Gasteiger charge is 2.38. The maximum absolute atomic E-state index is 7.30. The molecule has 2 aliphatic rings. The van der Waals surface area contributed by atoms with Crippen molar-refractivity contribution >= 4 is 30.2 Å². The molecule has 0 N–H and O–H groups in total. The Balaban J connectivity index is 1.94. The molecule has 2 aliphatic heterocycles. The van der Waals surface area contributed by atoms with Gasteiger partial charge in [0.1, 0.15) is 0 Å². The van der Waals surface area contributed by atoms with Crippen LogP contribution in [0.5, 0.6) is 0 Å². The minimum atomic E-state index is -0.930. The lowest BCUT2D eigenvalue weighted by atomic mass is 9.83. The quantitative estimate of drug-likeness (QED) is 0.443. The van der Waals surface area contributed by atoms with Crippen LogP contribution in [0.2, 0.25) is 0 Å². The van der Waals surface area contributed by atoms with Gasteiger partial charge < -0.3 is 9.34 Å². The number of para-hydroxylation sites is 2. The summed E-state index contributed by atoms with van der Waals surface area (Å²) >= 11 is 7.30. The molecule has 156 valence electrons. The summed E-state index contributed by atoms with van der Waals surface area (Å²) in [6.45, 7) is 16.0. The maximum Gasteiger partial charge on any atom is 0.197 e. The van der Waals surface area contributed by atoms with Crippen LogP contribution in [0.1, 0.15) is 93.9 Å². The molecule has 2 aromatic carbocycles. The molecule has 4 rings (SSSR count). The van der Waals surface area contributed by atoms with Crippen molar-refractivity contribution in [2.24, 2.45) is 0 Å². The highest BCUT2D eigenvalue weighted by atomic mass is 35.7. The highest BCUT2D eigenvalue weighted by Crippen LogP contribution is 2.61. The first kappa shape index (κ1) is 21.0. The summed E-state index contributed by atoms with van der Waals surface area (Å²) in [7, 11) is -0.930. The number of nitrogens with zero attached hydrogens (tertiary/aromatic N) is 2. The summed E-state index contributed by atoms with van der Waals surface area (Å²) < 4.78 is 5.05. The van der Waals surface area contributed by atoms with Gasteiger partial charge in [-0.15, -0.1) is 0 Å². The van der Waals surface area contributed by atoms with E-state index in [1.807, 2.05) is 0 Å².